The first-order chi connectivity index (χ1) is 15.8. The van der Waals surface area contributed by atoms with E-state index in [1.165, 1.54) is 0 Å². The van der Waals surface area contributed by atoms with Gasteiger partial charge in [0.1, 0.15) is 11.5 Å². The van der Waals surface area contributed by atoms with Crippen LogP contribution in [0.3, 0.4) is 0 Å². The maximum absolute atomic E-state index is 13.0. The number of ether oxygens (including phenoxy) is 2. The van der Waals surface area contributed by atoms with Crippen LogP contribution in [0.5, 0.6) is 11.5 Å². The fraction of sp³-hybridized carbons (Fsp3) is 0.480. The smallest absolute Gasteiger partial charge is 0.238 e. The summed E-state index contributed by atoms with van der Waals surface area (Å²) in [5.74, 6) is 1.26. The summed E-state index contributed by atoms with van der Waals surface area (Å²) < 4.78 is 11.2. The van der Waals surface area contributed by atoms with Gasteiger partial charge in [0, 0.05) is 29.1 Å². The SMILES string of the molecule is COc1ccc(OC)c([C@@H]2[C@H]3CCCC[C@]3(O)CCN2CC(=O)Nc2ccc(Cl)cc2Cl)c1. The van der Waals surface area contributed by atoms with Crippen LogP contribution in [0, 0.1) is 5.92 Å². The number of likely N-dealkylation sites (tertiary alicyclic amines) is 1. The summed E-state index contributed by atoms with van der Waals surface area (Å²) in [7, 11) is 3.27. The summed E-state index contributed by atoms with van der Waals surface area (Å²) >= 11 is 12.2. The van der Waals surface area contributed by atoms with Gasteiger partial charge in [0.05, 0.1) is 37.1 Å². The first-order valence-corrected chi connectivity index (χ1v) is 12.0. The first-order valence-electron chi connectivity index (χ1n) is 11.3. The standard InChI is InChI=1S/C25H30Cl2N2O4/c1-32-17-7-9-22(33-2)18(14-17)24-19-5-3-4-10-25(19,31)11-12-29(24)15-23(30)28-21-8-6-16(26)13-20(21)27/h6-9,13-14,19,24,31H,3-5,10-12,15H2,1-2H3,(H,28,30)/t19-,24-,25+/m1/s1. The number of amides is 1. The number of carbonyl (C=O) groups is 1. The van der Waals surface area contributed by atoms with Crippen molar-refractivity contribution in [1.82, 2.24) is 4.90 Å². The van der Waals surface area contributed by atoms with E-state index in [2.05, 4.69) is 10.2 Å². The number of hydrogen-bond acceptors (Lipinski definition) is 5. The molecule has 0 unspecified atom stereocenters. The van der Waals surface area contributed by atoms with E-state index in [4.69, 9.17) is 32.7 Å². The van der Waals surface area contributed by atoms with Gasteiger partial charge in [-0.05, 0) is 55.7 Å². The molecule has 1 heterocycles. The molecule has 1 saturated heterocycles. The second-order valence-corrected chi connectivity index (χ2v) is 9.75. The lowest BCUT2D eigenvalue weighted by Gasteiger charge is -2.52. The Morgan fingerprint density at radius 2 is 1.97 bits per heavy atom. The number of nitrogens with one attached hydrogen (secondary N) is 1. The second-order valence-electron chi connectivity index (χ2n) is 8.90. The number of aliphatic hydroxyl groups is 1. The van der Waals surface area contributed by atoms with E-state index in [1.54, 1.807) is 32.4 Å². The van der Waals surface area contributed by atoms with Crippen LogP contribution in [0.1, 0.15) is 43.7 Å². The Morgan fingerprint density at radius 1 is 1.15 bits per heavy atom. The van der Waals surface area contributed by atoms with Gasteiger partial charge in [-0.15, -0.1) is 0 Å². The third kappa shape index (κ3) is 5.09. The molecule has 8 heteroatoms. The molecule has 0 aromatic heterocycles. The van der Waals surface area contributed by atoms with Crippen molar-refractivity contribution >= 4 is 34.8 Å². The molecule has 0 spiro atoms. The van der Waals surface area contributed by atoms with E-state index in [-0.39, 0.29) is 24.4 Å². The molecule has 2 fully saturated rings. The minimum absolute atomic E-state index is 0.00655. The highest BCUT2D eigenvalue weighted by atomic mass is 35.5. The predicted octanol–water partition coefficient (Wildman–Crippen LogP) is 5.32. The van der Waals surface area contributed by atoms with Crippen LogP contribution >= 0.6 is 23.2 Å². The van der Waals surface area contributed by atoms with Crippen molar-refractivity contribution < 1.29 is 19.4 Å². The summed E-state index contributed by atoms with van der Waals surface area (Å²) in [6.45, 7) is 0.760. The summed E-state index contributed by atoms with van der Waals surface area (Å²) in [6, 6.07) is 10.5. The van der Waals surface area contributed by atoms with E-state index >= 15 is 0 Å². The van der Waals surface area contributed by atoms with Crippen LogP contribution in [-0.2, 0) is 4.79 Å². The van der Waals surface area contributed by atoms with Gasteiger partial charge in [-0.2, -0.15) is 0 Å². The number of carbonyl (C=O) groups excluding carboxylic acids is 1. The van der Waals surface area contributed by atoms with E-state index in [9.17, 15) is 9.90 Å². The Balaban J connectivity index is 1.65. The molecule has 2 aliphatic rings. The molecule has 3 atom stereocenters. The lowest BCUT2D eigenvalue weighted by molar-refractivity contribution is -0.135. The lowest BCUT2D eigenvalue weighted by atomic mass is 9.66. The zero-order valence-electron chi connectivity index (χ0n) is 18.9. The average Bonchev–Trinajstić information content (AvgIpc) is 2.80. The largest absolute Gasteiger partial charge is 0.497 e. The molecule has 33 heavy (non-hydrogen) atoms. The molecule has 0 bridgehead atoms. The summed E-state index contributed by atoms with van der Waals surface area (Å²) in [5.41, 5.74) is 0.704. The molecule has 0 radical (unpaired) electrons. The molecule has 2 aromatic carbocycles. The third-order valence-electron chi connectivity index (χ3n) is 6.98. The van der Waals surface area contributed by atoms with Gasteiger partial charge in [0.25, 0.3) is 0 Å². The van der Waals surface area contributed by atoms with Crippen molar-refractivity contribution in [2.45, 2.75) is 43.7 Å². The van der Waals surface area contributed by atoms with Gasteiger partial charge < -0.3 is 19.9 Å². The van der Waals surface area contributed by atoms with Gasteiger partial charge in [0.2, 0.25) is 5.91 Å². The first kappa shape index (κ1) is 24.1. The van der Waals surface area contributed by atoms with Gasteiger partial charge in [-0.1, -0.05) is 36.0 Å². The molecular weight excluding hydrogens is 463 g/mol. The monoisotopic (exact) mass is 492 g/mol. The molecule has 4 rings (SSSR count). The zero-order chi connectivity index (χ0) is 23.6. The summed E-state index contributed by atoms with van der Waals surface area (Å²) in [5, 5.41) is 15.3. The van der Waals surface area contributed by atoms with E-state index in [0.717, 1.165) is 37.0 Å². The fourth-order valence-corrected chi connectivity index (χ4v) is 5.82. The Morgan fingerprint density at radius 3 is 2.70 bits per heavy atom. The number of halogens is 2. The van der Waals surface area contributed by atoms with Crippen LogP contribution in [0.15, 0.2) is 36.4 Å². The van der Waals surface area contributed by atoms with Crippen LogP contribution in [-0.4, -0.2) is 48.8 Å². The number of rotatable bonds is 6. The normalized spacial score (nSPS) is 25.2. The molecule has 1 saturated carbocycles. The van der Waals surface area contributed by atoms with Crippen molar-refractivity contribution in [3.05, 3.63) is 52.0 Å². The predicted molar refractivity (Wildman–Crippen MR) is 130 cm³/mol. The second kappa shape index (κ2) is 10.1. The van der Waals surface area contributed by atoms with Crippen molar-refractivity contribution in [1.29, 1.82) is 0 Å². The summed E-state index contributed by atoms with van der Waals surface area (Å²) in [6.07, 6.45) is 4.37. The Hall–Kier alpha value is -1.99. The van der Waals surface area contributed by atoms with E-state index in [0.29, 0.717) is 34.4 Å². The molecule has 1 aliphatic carbocycles. The van der Waals surface area contributed by atoms with E-state index in [1.807, 2.05) is 18.2 Å². The molecule has 1 aliphatic heterocycles. The van der Waals surface area contributed by atoms with Crippen molar-refractivity contribution in [2.24, 2.45) is 5.92 Å². The van der Waals surface area contributed by atoms with Gasteiger partial charge >= 0.3 is 0 Å². The minimum Gasteiger partial charge on any atom is -0.497 e. The maximum Gasteiger partial charge on any atom is 0.238 e. The minimum atomic E-state index is -0.747. The topological polar surface area (TPSA) is 71.0 Å². The van der Waals surface area contributed by atoms with Crippen molar-refractivity contribution in [3.8, 4) is 11.5 Å². The Labute approximate surface area is 204 Å². The molecule has 178 valence electrons. The lowest BCUT2D eigenvalue weighted by Crippen LogP contribution is -2.56. The number of nitrogens with zero attached hydrogens (tertiary/aromatic N) is 1. The van der Waals surface area contributed by atoms with Gasteiger partial charge in [0.15, 0.2) is 0 Å². The highest BCUT2D eigenvalue weighted by molar-refractivity contribution is 6.36. The number of piperidine rings is 1. The summed E-state index contributed by atoms with van der Waals surface area (Å²) in [4.78, 5) is 15.2. The number of hydrogen-bond donors (Lipinski definition) is 2. The van der Waals surface area contributed by atoms with Crippen LogP contribution in [0.25, 0.3) is 0 Å². The van der Waals surface area contributed by atoms with Crippen LogP contribution < -0.4 is 14.8 Å². The van der Waals surface area contributed by atoms with Crippen LogP contribution in [0.2, 0.25) is 10.0 Å². The Kier molecular flexibility index (Phi) is 7.39. The molecule has 6 nitrogen and oxygen atoms in total. The number of fused-ring (bicyclic) bond motifs is 1. The molecule has 2 N–H and O–H groups in total. The average molecular weight is 493 g/mol. The number of anilines is 1. The zero-order valence-corrected chi connectivity index (χ0v) is 20.5. The van der Waals surface area contributed by atoms with Crippen LogP contribution in [0.4, 0.5) is 5.69 Å². The highest BCUT2D eigenvalue weighted by Crippen LogP contribution is 2.51. The van der Waals surface area contributed by atoms with E-state index < -0.39 is 5.60 Å². The van der Waals surface area contributed by atoms with Crippen molar-refractivity contribution in [3.63, 3.8) is 0 Å². The third-order valence-corrected chi connectivity index (χ3v) is 7.53. The maximum atomic E-state index is 13.0. The Bertz CT molecular complexity index is 1020. The number of benzene rings is 2. The number of methoxy groups -OCH3 is 2. The molecular formula is C25H30Cl2N2O4. The van der Waals surface area contributed by atoms with Gasteiger partial charge in [-0.25, -0.2) is 0 Å². The van der Waals surface area contributed by atoms with Crippen molar-refractivity contribution in [2.75, 3.05) is 32.6 Å². The quantitative estimate of drug-likeness (QED) is 0.570. The fourth-order valence-electron chi connectivity index (χ4n) is 5.37. The van der Waals surface area contributed by atoms with Gasteiger partial charge in [-0.3, -0.25) is 9.69 Å². The molecule has 1 amide bonds. The highest BCUT2D eigenvalue weighted by Gasteiger charge is 2.50. The molecule has 2 aromatic rings.